The maximum Gasteiger partial charge on any atom is 0.266 e. The van der Waals surface area contributed by atoms with Crippen LogP contribution in [0.4, 0.5) is 10.1 Å². The van der Waals surface area contributed by atoms with Crippen LogP contribution in [-0.4, -0.2) is 60.2 Å². The van der Waals surface area contributed by atoms with Crippen molar-refractivity contribution in [1.82, 2.24) is 13.9 Å². The largest absolute Gasteiger partial charge is 0.379 e. The van der Waals surface area contributed by atoms with Crippen LogP contribution >= 0.6 is 11.8 Å². The summed E-state index contributed by atoms with van der Waals surface area (Å²) in [5, 5.41) is 3.42. The van der Waals surface area contributed by atoms with Gasteiger partial charge in [0, 0.05) is 18.8 Å². The molecule has 1 N–H and O–H groups in total. The monoisotopic (exact) mass is 554 g/mol. The van der Waals surface area contributed by atoms with Crippen LogP contribution in [0.25, 0.3) is 16.6 Å². The van der Waals surface area contributed by atoms with E-state index in [0.29, 0.717) is 48.6 Å². The third kappa shape index (κ3) is 5.48. The molecule has 0 unspecified atom stereocenters. The van der Waals surface area contributed by atoms with Crippen molar-refractivity contribution in [1.29, 1.82) is 0 Å². The summed E-state index contributed by atoms with van der Waals surface area (Å²) in [6, 6.07) is 18.3. The molecule has 0 atom stereocenters. The zero-order valence-corrected chi connectivity index (χ0v) is 21.7. The molecule has 0 saturated carbocycles. The van der Waals surface area contributed by atoms with E-state index >= 15 is 0 Å². The van der Waals surface area contributed by atoms with Gasteiger partial charge in [-0.25, -0.2) is 17.8 Å². The summed E-state index contributed by atoms with van der Waals surface area (Å²) in [5.41, 5.74) is 1.01. The van der Waals surface area contributed by atoms with Crippen molar-refractivity contribution < 1.29 is 22.3 Å². The third-order valence-corrected chi connectivity index (χ3v) is 8.76. The van der Waals surface area contributed by atoms with Gasteiger partial charge in [-0.2, -0.15) is 4.31 Å². The Morgan fingerprint density at radius 2 is 1.68 bits per heavy atom. The van der Waals surface area contributed by atoms with Gasteiger partial charge < -0.3 is 10.1 Å². The standard InChI is InChI=1S/C26H23FN4O5S2/c27-18-5-9-20(10-6-18)31-25(33)22-3-1-2-4-23(22)29-26(31)37-17-24(32)28-19-7-11-21(12-8-19)38(34,35)30-13-15-36-16-14-30/h1-12H,13-17H2,(H,28,32). The quantitative estimate of drug-likeness (QED) is 0.276. The summed E-state index contributed by atoms with van der Waals surface area (Å²) in [5.74, 6) is -0.875. The molecule has 12 heteroatoms. The molecule has 4 aromatic rings. The van der Waals surface area contributed by atoms with Crippen molar-refractivity contribution in [2.24, 2.45) is 0 Å². The van der Waals surface area contributed by atoms with E-state index in [0.717, 1.165) is 11.8 Å². The number of nitrogens with one attached hydrogen (secondary N) is 1. The SMILES string of the molecule is O=C(CSc1nc2ccccc2c(=O)n1-c1ccc(F)cc1)Nc1ccc(S(=O)(=O)N2CCOCC2)cc1. The number of fused-ring (bicyclic) bond motifs is 1. The number of halogens is 1. The van der Waals surface area contributed by atoms with Crippen LogP contribution in [0.3, 0.4) is 0 Å². The first-order chi connectivity index (χ1) is 18.3. The second-order valence-electron chi connectivity index (χ2n) is 8.41. The maximum atomic E-state index is 13.5. The Morgan fingerprint density at radius 3 is 2.39 bits per heavy atom. The highest BCUT2D eigenvalue weighted by atomic mass is 32.2. The fraction of sp³-hybridized carbons (Fsp3) is 0.192. The van der Waals surface area contributed by atoms with E-state index < -0.39 is 15.8 Å². The van der Waals surface area contributed by atoms with E-state index in [4.69, 9.17) is 4.74 Å². The van der Waals surface area contributed by atoms with Gasteiger partial charge in [-0.15, -0.1) is 0 Å². The summed E-state index contributed by atoms with van der Waals surface area (Å²) in [6.45, 7) is 1.30. The highest BCUT2D eigenvalue weighted by Crippen LogP contribution is 2.23. The molecule has 1 amide bonds. The highest BCUT2D eigenvalue weighted by Gasteiger charge is 2.26. The van der Waals surface area contributed by atoms with Crippen LogP contribution in [0.2, 0.25) is 0 Å². The number of ether oxygens (including phenoxy) is 1. The van der Waals surface area contributed by atoms with Gasteiger partial charge in [-0.1, -0.05) is 23.9 Å². The van der Waals surface area contributed by atoms with Crippen molar-refractivity contribution >= 4 is 44.3 Å². The van der Waals surface area contributed by atoms with Gasteiger partial charge in [-0.05, 0) is 60.7 Å². The zero-order chi connectivity index (χ0) is 26.7. The van der Waals surface area contributed by atoms with Crippen molar-refractivity contribution in [3.63, 3.8) is 0 Å². The molecule has 0 spiro atoms. The van der Waals surface area contributed by atoms with Crippen LogP contribution in [-0.2, 0) is 19.6 Å². The number of anilines is 1. The minimum atomic E-state index is -3.64. The molecule has 9 nitrogen and oxygen atoms in total. The van der Waals surface area contributed by atoms with Crippen molar-refractivity contribution in [2.75, 3.05) is 37.4 Å². The average molecular weight is 555 g/mol. The number of aromatic nitrogens is 2. The van der Waals surface area contributed by atoms with Crippen molar-refractivity contribution in [3.8, 4) is 5.69 Å². The second-order valence-corrected chi connectivity index (χ2v) is 11.3. The summed E-state index contributed by atoms with van der Waals surface area (Å²) in [7, 11) is -3.64. The van der Waals surface area contributed by atoms with E-state index in [2.05, 4.69) is 10.3 Å². The Kier molecular flexibility index (Phi) is 7.56. The van der Waals surface area contributed by atoms with Gasteiger partial charge in [0.25, 0.3) is 5.56 Å². The second kappa shape index (κ2) is 11.0. The predicted molar refractivity (Wildman–Crippen MR) is 143 cm³/mol. The molecule has 1 saturated heterocycles. The van der Waals surface area contributed by atoms with Gasteiger partial charge in [0.05, 0.1) is 40.5 Å². The van der Waals surface area contributed by atoms with E-state index in [-0.39, 0.29) is 27.3 Å². The third-order valence-electron chi connectivity index (χ3n) is 5.91. The van der Waals surface area contributed by atoms with Crippen LogP contribution in [0.15, 0.2) is 87.6 Å². The van der Waals surface area contributed by atoms with Gasteiger partial charge in [0.15, 0.2) is 5.16 Å². The maximum absolute atomic E-state index is 13.5. The Hall–Kier alpha value is -3.58. The fourth-order valence-electron chi connectivity index (χ4n) is 4.00. The minimum absolute atomic E-state index is 0.0696. The number of hydrogen-bond acceptors (Lipinski definition) is 7. The number of para-hydroxylation sites is 1. The number of thioether (sulfide) groups is 1. The molecular weight excluding hydrogens is 531 g/mol. The molecule has 0 aliphatic carbocycles. The first-order valence-electron chi connectivity index (χ1n) is 11.7. The molecular formula is C26H23FN4O5S2. The summed E-state index contributed by atoms with van der Waals surface area (Å²) >= 11 is 1.06. The number of amides is 1. The Labute approximate surface area is 222 Å². The van der Waals surface area contributed by atoms with E-state index in [1.807, 2.05) is 0 Å². The number of morpholine rings is 1. The number of carbonyl (C=O) groups excluding carboxylic acids is 1. The summed E-state index contributed by atoms with van der Waals surface area (Å²) < 4.78 is 47.0. The fourth-order valence-corrected chi connectivity index (χ4v) is 6.22. The van der Waals surface area contributed by atoms with Gasteiger partial charge in [0.2, 0.25) is 15.9 Å². The molecule has 1 aliphatic heterocycles. The molecule has 2 heterocycles. The molecule has 1 aliphatic rings. The number of benzene rings is 3. The van der Waals surface area contributed by atoms with Crippen LogP contribution < -0.4 is 10.9 Å². The Balaban J connectivity index is 1.32. The Bertz CT molecular complexity index is 1640. The molecule has 0 bridgehead atoms. The minimum Gasteiger partial charge on any atom is -0.379 e. The van der Waals surface area contributed by atoms with E-state index in [9.17, 15) is 22.4 Å². The molecule has 3 aromatic carbocycles. The summed E-state index contributed by atoms with van der Waals surface area (Å²) in [4.78, 5) is 30.7. The lowest BCUT2D eigenvalue weighted by molar-refractivity contribution is -0.113. The number of rotatable bonds is 7. The molecule has 38 heavy (non-hydrogen) atoms. The lowest BCUT2D eigenvalue weighted by Crippen LogP contribution is -2.40. The lowest BCUT2D eigenvalue weighted by Gasteiger charge is -2.26. The van der Waals surface area contributed by atoms with Crippen molar-refractivity contribution in [3.05, 3.63) is 89.0 Å². The smallest absolute Gasteiger partial charge is 0.266 e. The lowest BCUT2D eigenvalue weighted by atomic mass is 10.2. The number of nitrogens with zero attached hydrogens (tertiary/aromatic N) is 3. The predicted octanol–water partition coefficient (Wildman–Crippen LogP) is 3.28. The molecule has 196 valence electrons. The van der Waals surface area contributed by atoms with Gasteiger partial charge >= 0.3 is 0 Å². The van der Waals surface area contributed by atoms with Crippen molar-refractivity contribution in [2.45, 2.75) is 10.1 Å². The molecule has 1 aromatic heterocycles. The summed E-state index contributed by atoms with van der Waals surface area (Å²) in [6.07, 6.45) is 0. The Morgan fingerprint density at radius 1 is 1.00 bits per heavy atom. The van der Waals surface area contributed by atoms with E-state index in [1.54, 1.807) is 24.3 Å². The van der Waals surface area contributed by atoms with Crippen LogP contribution in [0.5, 0.6) is 0 Å². The van der Waals surface area contributed by atoms with E-state index in [1.165, 1.54) is 57.4 Å². The molecule has 1 fully saturated rings. The average Bonchev–Trinajstić information content (AvgIpc) is 2.93. The number of hydrogen-bond donors (Lipinski definition) is 1. The van der Waals surface area contributed by atoms with Crippen LogP contribution in [0, 0.1) is 5.82 Å². The number of sulfonamides is 1. The first-order valence-corrected chi connectivity index (χ1v) is 14.1. The zero-order valence-electron chi connectivity index (χ0n) is 20.0. The van der Waals surface area contributed by atoms with Gasteiger partial charge in [0.1, 0.15) is 5.82 Å². The molecule has 5 rings (SSSR count). The normalized spacial score (nSPS) is 14.4. The highest BCUT2D eigenvalue weighted by molar-refractivity contribution is 7.99. The molecule has 0 radical (unpaired) electrons. The van der Waals surface area contributed by atoms with Gasteiger partial charge in [-0.3, -0.25) is 14.2 Å². The topological polar surface area (TPSA) is 111 Å². The first kappa shape index (κ1) is 26.0. The van der Waals surface area contributed by atoms with Crippen LogP contribution in [0.1, 0.15) is 0 Å². The number of carbonyl (C=O) groups is 1.